The van der Waals surface area contributed by atoms with Crippen LogP contribution in [0.25, 0.3) is 0 Å². The maximum Gasteiger partial charge on any atom is 0.229 e. The van der Waals surface area contributed by atoms with Gasteiger partial charge >= 0.3 is 0 Å². The van der Waals surface area contributed by atoms with Crippen LogP contribution in [0.4, 0.5) is 5.69 Å². The van der Waals surface area contributed by atoms with Crippen LogP contribution in [-0.2, 0) is 11.3 Å². The number of nitrogens with one attached hydrogen (secondary N) is 1. The van der Waals surface area contributed by atoms with Gasteiger partial charge in [-0.15, -0.1) is 0 Å². The summed E-state index contributed by atoms with van der Waals surface area (Å²) >= 11 is 0. The topological polar surface area (TPSA) is 72.9 Å². The molecule has 1 atom stereocenters. The van der Waals surface area contributed by atoms with Crippen LogP contribution in [0.15, 0.2) is 12.4 Å². The summed E-state index contributed by atoms with van der Waals surface area (Å²) in [6.45, 7) is 7.14. The highest BCUT2D eigenvalue weighted by Gasteiger charge is 2.20. The molecule has 0 spiro atoms. The van der Waals surface area contributed by atoms with E-state index in [2.05, 4.69) is 10.4 Å². The maximum absolute atomic E-state index is 11.9. The Morgan fingerprint density at radius 1 is 1.62 bits per heavy atom. The van der Waals surface area contributed by atoms with Crippen molar-refractivity contribution in [3.05, 3.63) is 12.4 Å². The second kappa shape index (κ2) is 5.65. The van der Waals surface area contributed by atoms with Crippen LogP contribution < -0.4 is 11.1 Å². The van der Waals surface area contributed by atoms with Gasteiger partial charge in [-0.05, 0) is 12.8 Å². The van der Waals surface area contributed by atoms with E-state index < -0.39 is 0 Å². The Bertz CT molecular complexity index is 346. The molecule has 0 aromatic carbocycles. The first-order chi connectivity index (χ1) is 7.58. The molecule has 5 nitrogen and oxygen atoms in total. The quantitative estimate of drug-likeness (QED) is 0.785. The average Bonchev–Trinajstić information content (AvgIpc) is 2.65. The van der Waals surface area contributed by atoms with Crippen molar-refractivity contribution in [1.82, 2.24) is 9.78 Å². The van der Waals surface area contributed by atoms with Crippen molar-refractivity contribution < 1.29 is 4.79 Å². The monoisotopic (exact) mass is 224 g/mol. The third-order valence-corrected chi connectivity index (χ3v) is 2.62. The molecule has 0 aliphatic heterocycles. The molecule has 0 aliphatic rings. The van der Waals surface area contributed by atoms with Gasteiger partial charge < -0.3 is 11.1 Å². The lowest BCUT2D eigenvalue weighted by molar-refractivity contribution is -0.120. The normalized spacial score (nSPS) is 12.8. The fraction of sp³-hybridized carbons (Fsp3) is 0.636. The zero-order valence-electron chi connectivity index (χ0n) is 10.1. The Kier molecular flexibility index (Phi) is 4.49. The van der Waals surface area contributed by atoms with Gasteiger partial charge in [0.15, 0.2) is 0 Å². The summed E-state index contributed by atoms with van der Waals surface area (Å²) < 4.78 is 1.77. The fourth-order valence-corrected chi connectivity index (χ4v) is 1.52. The third kappa shape index (κ3) is 3.06. The first-order valence-corrected chi connectivity index (χ1v) is 5.61. The van der Waals surface area contributed by atoms with Gasteiger partial charge in [-0.3, -0.25) is 9.48 Å². The molecule has 5 heteroatoms. The second-order valence-electron chi connectivity index (χ2n) is 4.16. The second-order valence-corrected chi connectivity index (χ2v) is 4.16. The smallest absolute Gasteiger partial charge is 0.229 e. The van der Waals surface area contributed by atoms with Crippen LogP contribution in [0.1, 0.15) is 20.8 Å². The number of hydrogen-bond acceptors (Lipinski definition) is 3. The zero-order valence-corrected chi connectivity index (χ0v) is 10.1. The number of nitrogens with two attached hydrogens (primary N) is 1. The van der Waals surface area contributed by atoms with E-state index in [1.807, 2.05) is 27.0 Å². The van der Waals surface area contributed by atoms with E-state index in [-0.39, 0.29) is 17.7 Å². The number of hydrogen-bond donors (Lipinski definition) is 2. The van der Waals surface area contributed by atoms with Crippen molar-refractivity contribution in [1.29, 1.82) is 0 Å². The highest BCUT2D eigenvalue weighted by molar-refractivity contribution is 5.92. The van der Waals surface area contributed by atoms with Gasteiger partial charge in [0.2, 0.25) is 5.91 Å². The molecule has 1 aromatic heterocycles. The Labute approximate surface area is 96.0 Å². The molecule has 16 heavy (non-hydrogen) atoms. The Morgan fingerprint density at radius 3 is 2.75 bits per heavy atom. The summed E-state index contributed by atoms with van der Waals surface area (Å²) in [5.41, 5.74) is 6.31. The van der Waals surface area contributed by atoms with Gasteiger partial charge in [0.1, 0.15) is 0 Å². The van der Waals surface area contributed by atoms with Crippen LogP contribution in [0.2, 0.25) is 0 Å². The third-order valence-electron chi connectivity index (χ3n) is 2.62. The summed E-state index contributed by atoms with van der Waals surface area (Å²) in [5, 5.41) is 6.92. The van der Waals surface area contributed by atoms with Crippen LogP contribution in [-0.4, -0.2) is 22.2 Å². The van der Waals surface area contributed by atoms with E-state index >= 15 is 0 Å². The maximum atomic E-state index is 11.9. The molecule has 90 valence electrons. The summed E-state index contributed by atoms with van der Waals surface area (Å²) in [7, 11) is 0. The summed E-state index contributed by atoms with van der Waals surface area (Å²) in [4.78, 5) is 11.9. The molecule has 0 bridgehead atoms. The van der Waals surface area contributed by atoms with E-state index in [1.54, 1.807) is 10.9 Å². The first-order valence-electron chi connectivity index (χ1n) is 5.61. The van der Waals surface area contributed by atoms with Crippen LogP contribution in [0.3, 0.4) is 0 Å². The summed E-state index contributed by atoms with van der Waals surface area (Å²) in [6.07, 6.45) is 3.46. The van der Waals surface area contributed by atoms with Gasteiger partial charge in [-0.2, -0.15) is 5.10 Å². The summed E-state index contributed by atoms with van der Waals surface area (Å²) in [6, 6.07) is 0. The van der Waals surface area contributed by atoms with Crippen LogP contribution >= 0.6 is 0 Å². The molecule has 0 saturated heterocycles. The molecule has 1 rings (SSSR count). The van der Waals surface area contributed by atoms with Crippen molar-refractivity contribution in [2.24, 2.45) is 17.6 Å². The van der Waals surface area contributed by atoms with Crippen molar-refractivity contribution in [2.45, 2.75) is 27.3 Å². The van der Waals surface area contributed by atoms with E-state index in [4.69, 9.17) is 5.73 Å². The van der Waals surface area contributed by atoms with Crippen LogP contribution in [0, 0.1) is 11.8 Å². The van der Waals surface area contributed by atoms with Gasteiger partial charge in [0.05, 0.1) is 17.8 Å². The number of amides is 1. The highest BCUT2D eigenvalue weighted by Crippen LogP contribution is 2.13. The first kappa shape index (κ1) is 12.7. The van der Waals surface area contributed by atoms with Gasteiger partial charge in [0.25, 0.3) is 0 Å². The SMILES string of the molecule is CCn1cc(NC(=O)C(CN)C(C)C)cn1. The van der Waals surface area contributed by atoms with Crippen molar-refractivity contribution in [3.63, 3.8) is 0 Å². The van der Waals surface area contributed by atoms with E-state index in [0.717, 1.165) is 12.2 Å². The summed E-state index contributed by atoms with van der Waals surface area (Å²) in [5.74, 6) is 0.0596. The molecule has 1 aromatic rings. The number of carbonyl (C=O) groups is 1. The lowest BCUT2D eigenvalue weighted by Crippen LogP contribution is -2.32. The Balaban J connectivity index is 2.62. The van der Waals surface area contributed by atoms with E-state index in [9.17, 15) is 4.79 Å². The predicted octanol–water partition coefficient (Wildman–Crippen LogP) is 1.07. The number of anilines is 1. The molecule has 1 unspecified atom stereocenters. The lowest BCUT2D eigenvalue weighted by Gasteiger charge is -2.17. The molecule has 1 amide bonds. The minimum Gasteiger partial charge on any atom is -0.330 e. The number of aromatic nitrogens is 2. The molecule has 0 radical (unpaired) electrons. The average molecular weight is 224 g/mol. The van der Waals surface area contributed by atoms with E-state index in [0.29, 0.717) is 6.54 Å². The molecule has 0 aliphatic carbocycles. The Morgan fingerprint density at radius 2 is 2.31 bits per heavy atom. The van der Waals surface area contributed by atoms with Crippen molar-refractivity contribution in [2.75, 3.05) is 11.9 Å². The standard InChI is InChI=1S/C11H20N4O/c1-4-15-7-9(6-13-15)14-11(16)10(5-12)8(2)3/h6-8,10H,4-5,12H2,1-3H3,(H,14,16). The van der Waals surface area contributed by atoms with Crippen LogP contribution in [0.5, 0.6) is 0 Å². The minimum atomic E-state index is -0.148. The number of aryl methyl sites for hydroxylation is 1. The minimum absolute atomic E-state index is 0.0341. The van der Waals surface area contributed by atoms with Crippen molar-refractivity contribution >= 4 is 11.6 Å². The lowest BCUT2D eigenvalue weighted by atomic mass is 9.95. The highest BCUT2D eigenvalue weighted by atomic mass is 16.1. The largest absolute Gasteiger partial charge is 0.330 e. The Hall–Kier alpha value is -1.36. The molecule has 0 saturated carbocycles. The zero-order chi connectivity index (χ0) is 12.1. The van der Waals surface area contributed by atoms with Gasteiger partial charge in [-0.25, -0.2) is 0 Å². The number of rotatable bonds is 5. The van der Waals surface area contributed by atoms with E-state index in [1.165, 1.54) is 0 Å². The number of carbonyl (C=O) groups excluding carboxylic acids is 1. The molecular weight excluding hydrogens is 204 g/mol. The molecular formula is C11H20N4O. The molecule has 0 fully saturated rings. The fourth-order valence-electron chi connectivity index (χ4n) is 1.52. The molecule has 3 N–H and O–H groups in total. The van der Waals surface area contributed by atoms with Gasteiger partial charge in [0, 0.05) is 19.3 Å². The molecule has 1 heterocycles. The predicted molar refractivity (Wildman–Crippen MR) is 63.9 cm³/mol. The van der Waals surface area contributed by atoms with Crippen molar-refractivity contribution in [3.8, 4) is 0 Å². The van der Waals surface area contributed by atoms with Gasteiger partial charge in [-0.1, -0.05) is 13.8 Å². The number of nitrogens with zero attached hydrogens (tertiary/aromatic N) is 2.